The molecule has 1 aromatic rings. The number of piperazine rings is 1. The molecule has 1 saturated heterocycles. The van der Waals surface area contributed by atoms with Gasteiger partial charge in [-0.25, -0.2) is 0 Å². The highest BCUT2D eigenvalue weighted by molar-refractivity contribution is 5.05. The molecule has 0 N–H and O–H groups in total. The first-order valence-corrected chi connectivity index (χ1v) is 8.53. The Bertz CT molecular complexity index is 474. The highest BCUT2D eigenvalue weighted by Gasteiger charge is 2.33. The van der Waals surface area contributed by atoms with Gasteiger partial charge in [0.2, 0.25) is 5.89 Å². The lowest BCUT2D eigenvalue weighted by Crippen LogP contribution is -2.54. The minimum Gasteiger partial charge on any atom is -0.383 e. The summed E-state index contributed by atoms with van der Waals surface area (Å²) in [5.74, 6) is 2.24. The van der Waals surface area contributed by atoms with E-state index in [2.05, 4.69) is 33.8 Å². The van der Waals surface area contributed by atoms with E-state index in [4.69, 9.17) is 9.26 Å². The Morgan fingerprint density at radius 1 is 1.36 bits per heavy atom. The minimum absolute atomic E-state index is 0.207. The van der Waals surface area contributed by atoms with Crippen molar-refractivity contribution in [2.75, 3.05) is 39.9 Å². The molecule has 1 aliphatic heterocycles. The van der Waals surface area contributed by atoms with Gasteiger partial charge in [0, 0.05) is 45.2 Å². The molecule has 0 aromatic carbocycles. The molecule has 2 fully saturated rings. The van der Waals surface area contributed by atoms with Crippen LogP contribution in [0.4, 0.5) is 0 Å². The van der Waals surface area contributed by atoms with Crippen molar-refractivity contribution in [3.8, 4) is 0 Å². The lowest BCUT2D eigenvalue weighted by atomic mass is 10.1. The molecule has 2 aliphatic rings. The van der Waals surface area contributed by atoms with E-state index in [0.717, 1.165) is 50.9 Å². The van der Waals surface area contributed by atoms with Gasteiger partial charge >= 0.3 is 0 Å². The summed E-state index contributed by atoms with van der Waals surface area (Å²) in [6.45, 7) is 9.45. The van der Waals surface area contributed by atoms with Crippen LogP contribution in [0, 0.1) is 0 Å². The minimum atomic E-state index is 0.207. The van der Waals surface area contributed by atoms with Crippen LogP contribution in [0.3, 0.4) is 0 Å². The molecule has 1 saturated carbocycles. The topological polar surface area (TPSA) is 54.6 Å². The third-order valence-corrected chi connectivity index (χ3v) is 5.00. The van der Waals surface area contributed by atoms with Gasteiger partial charge in [-0.3, -0.25) is 9.80 Å². The first-order chi connectivity index (χ1) is 10.7. The Morgan fingerprint density at radius 2 is 2.18 bits per heavy atom. The Balaban J connectivity index is 1.59. The predicted molar refractivity (Wildman–Crippen MR) is 83.8 cm³/mol. The Hall–Kier alpha value is -0.980. The van der Waals surface area contributed by atoms with Crippen LogP contribution in [0.2, 0.25) is 0 Å². The van der Waals surface area contributed by atoms with E-state index in [0.29, 0.717) is 12.0 Å². The summed E-state index contributed by atoms with van der Waals surface area (Å²) in [4.78, 5) is 9.63. The van der Waals surface area contributed by atoms with Crippen molar-refractivity contribution < 1.29 is 9.26 Å². The van der Waals surface area contributed by atoms with Crippen LogP contribution in [0.1, 0.15) is 56.8 Å². The van der Waals surface area contributed by atoms with E-state index in [-0.39, 0.29) is 6.04 Å². The molecule has 1 aliphatic carbocycles. The fourth-order valence-electron chi connectivity index (χ4n) is 3.24. The summed E-state index contributed by atoms with van der Waals surface area (Å²) in [7, 11) is 1.77. The van der Waals surface area contributed by atoms with Crippen LogP contribution >= 0.6 is 0 Å². The van der Waals surface area contributed by atoms with Crippen LogP contribution in [0.25, 0.3) is 0 Å². The highest BCUT2D eigenvalue weighted by atomic mass is 16.5. The molecule has 0 radical (unpaired) electrons. The summed E-state index contributed by atoms with van der Waals surface area (Å²) >= 11 is 0. The van der Waals surface area contributed by atoms with E-state index in [9.17, 15) is 0 Å². The average molecular weight is 308 g/mol. The zero-order chi connectivity index (χ0) is 15.5. The molecule has 6 nitrogen and oxygen atoms in total. The number of aromatic nitrogens is 2. The smallest absolute Gasteiger partial charge is 0.243 e. The number of hydrogen-bond donors (Lipinski definition) is 0. The van der Waals surface area contributed by atoms with Crippen LogP contribution in [0.5, 0.6) is 0 Å². The lowest BCUT2D eigenvalue weighted by Gasteiger charge is -2.42. The summed E-state index contributed by atoms with van der Waals surface area (Å²) in [6.07, 6.45) is 3.58. The van der Waals surface area contributed by atoms with Gasteiger partial charge in [0.25, 0.3) is 0 Å². The van der Waals surface area contributed by atoms with Crippen LogP contribution < -0.4 is 0 Å². The van der Waals surface area contributed by atoms with E-state index in [1.807, 2.05) is 0 Å². The van der Waals surface area contributed by atoms with Crippen molar-refractivity contribution in [1.29, 1.82) is 0 Å². The summed E-state index contributed by atoms with van der Waals surface area (Å²) < 4.78 is 10.7. The zero-order valence-corrected chi connectivity index (χ0v) is 14.0. The third kappa shape index (κ3) is 3.50. The molecule has 1 aromatic heterocycles. The fraction of sp³-hybridized carbons (Fsp3) is 0.875. The number of methoxy groups -OCH3 is 1. The van der Waals surface area contributed by atoms with Gasteiger partial charge in [0.1, 0.15) is 0 Å². The van der Waals surface area contributed by atoms with Crippen LogP contribution in [0.15, 0.2) is 4.52 Å². The first kappa shape index (κ1) is 15.9. The number of nitrogens with zero attached hydrogens (tertiary/aromatic N) is 4. The van der Waals surface area contributed by atoms with Crippen molar-refractivity contribution in [2.45, 2.75) is 51.1 Å². The molecule has 6 heteroatoms. The maximum absolute atomic E-state index is 5.51. The zero-order valence-electron chi connectivity index (χ0n) is 14.0. The first-order valence-electron chi connectivity index (χ1n) is 8.53. The largest absolute Gasteiger partial charge is 0.383 e. The van der Waals surface area contributed by atoms with Gasteiger partial charge in [0.15, 0.2) is 5.82 Å². The van der Waals surface area contributed by atoms with Gasteiger partial charge in [-0.15, -0.1) is 0 Å². The second-order valence-corrected chi connectivity index (χ2v) is 6.53. The van der Waals surface area contributed by atoms with E-state index in [1.54, 1.807) is 7.11 Å². The number of ether oxygens (including phenoxy) is 1. The Morgan fingerprint density at radius 3 is 2.86 bits per heavy atom. The molecule has 2 heterocycles. The predicted octanol–water partition coefficient (Wildman–Crippen LogP) is 2.05. The van der Waals surface area contributed by atoms with Gasteiger partial charge in [-0.1, -0.05) is 12.1 Å². The van der Waals surface area contributed by atoms with Gasteiger partial charge in [0.05, 0.1) is 12.6 Å². The summed E-state index contributed by atoms with van der Waals surface area (Å²) in [5, 5.41) is 4.15. The maximum atomic E-state index is 5.51. The molecular weight excluding hydrogens is 280 g/mol. The van der Waals surface area contributed by atoms with E-state index in [1.165, 1.54) is 12.8 Å². The van der Waals surface area contributed by atoms with Crippen LogP contribution in [-0.4, -0.2) is 65.9 Å². The maximum Gasteiger partial charge on any atom is 0.243 e. The van der Waals surface area contributed by atoms with Crippen molar-refractivity contribution in [3.05, 3.63) is 11.7 Å². The molecule has 0 amide bonds. The molecule has 124 valence electrons. The Kier molecular flexibility index (Phi) is 5.10. The fourth-order valence-corrected chi connectivity index (χ4v) is 3.24. The second-order valence-electron chi connectivity index (χ2n) is 6.53. The monoisotopic (exact) mass is 308 g/mol. The van der Waals surface area contributed by atoms with Gasteiger partial charge < -0.3 is 9.26 Å². The molecule has 3 rings (SSSR count). The third-order valence-electron chi connectivity index (χ3n) is 5.00. The van der Waals surface area contributed by atoms with Crippen molar-refractivity contribution in [1.82, 2.24) is 19.9 Å². The van der Waals surface area contributed by atoms with E-state index < -0.39 is 0 Å². The molecule has 0 bridgehead atoms. The van der Waals surface area contributed by atoms with Crippen molar-refractivity contribution in [3.63, 3.8) is 0 Å². The highest BCUT2D eigenvalue weighted by Crippen LogP contribution is 2.38. The molecule has 22 heavy (non-hydrogen) atoms. The second kappa shape index (κ2) is 7.06. The van der Waals surface area contributed by atoms with Gasteiger partial charge in [-0.05, 0) is 26.2 Å². The SMILES string of the molecule is CC[C@@H]1CN([C@H](C)c2nc(C3CC3)no2)CCN1CCOC. The standard InChI is InChI=1S/C16H28N4O2/c1-4-14-11-20(8-7-19(14)9-10-21-3)12(2)16-17-15(18-22-16)13-5-6-13/h12-14H,4-11H2,1-3H3/t12-,14-/m1/s1. The average Bonchev–Trinajstić information content (AvgIpc) is 3.29. The lowest BCUT2D eigenvalue weighted by molar-refractivity contribution is 0.0267. The summed E-state index contributed by atoms with van der Waals surface area (Å²) in [5.41, 5.74) is 0. The van der Waals surface area contributed by atoms with Gasteiger partial charge in [-0.2, -0.15) is 4.98 Å². The molecular formula is C16H28N4O2. The quantitative estimate of drug-likeness (QED) is 0.768. The molecule has 0 spiro atoms. The normalized spacial score (nSPS) is 25.5. The Labute approximate surface area is 132 Å². The molecule has 2 atom stereocenters. The number of rotatable bonds is 7. The van der Waals surface area contributed by atoms with Crippen LogP contribution in [-0.2, 0) is 4.74 Å². The van der Waals surface area contributed by atoms with E-state index >= 15 is 0 Å². The summed E-state index contributed by atoms with van der Waals surface area (Å²) in [6, 6.07) is 0.788. The molecule has 0 unspecified atom stereocenters. The number of hydrogen-bond acceptors (Lipinski definition) is 6. The van der Waals surface area contributed by atoms with Crippen molar-refractivity contribution in [2.24, 2.45) is 0 Å². The van der Waals surface area contributed by atoms with Crippen molar-refractivity contribution >= 4 is 0 Å².